The first kappa shape index (κ1) is 18.0. The van der Waals surface area contributed by atoms with Crippen molar-refractivity contribution in [2.75, 3.05) is 19.6 Å². The lowest BCUT2D eigenvalue weighted by molar-refractivity contribution is -0.121. The summed E-state index contributed by atoms with van der Waals surface area (Å²) in [6, 6.07) is 6.75. The van der Waals surface area contributed by atoms with Crippen molar-refractivity contribution in [2.45, 2.75) is 52.3 Å². The van der Waals surface area contributed by atoms with Crippen LogP contribution in [0, 0.1) is 6.92 Å². The number of likely N-dealkylation sites (tertiary alicyclic amines) is 1. The Hall–Kier alpha value is -2.34. The largest absolute Gasteiger partial charge is 0.488 e. The third-order valence-corrected chi connectivity index (χ3v) is 5.64. The quantitative estimate of drug-likeness (QED) is 0.882. The molecule has 0 saturated carbocycles. The van der Waals surface area contributed by atoms with E-state index >= 15 is 0 Å². The Kier molecular flexibility index (Phi) is 5.16. The molecule has 0 bridgehead atoms. The molecule has 4 rings (SSSR count). The number of aromatic nitrogens is 2. The number of ether oxygens (including phenoxy) is 1. The number of rotatable bonds is 5. The van der Waals surface area contributed by atoms with E-state index in [9.17, 15) is 4.79 Å². The Morgan fingerprint density at radius 2 is 2.26 bits per heavy atom. The van der Waals surface area contributed by atoms with Gasteiger partial charge < -0.3 is 10.1 Å². The standard InChI is InChI=1S/C21H28N4O2/c1-15-6-7-19-18(11-15)21-17(14-27-19)12-23-25(21)13-20(26)22-8-10-24-9-4-3-5-16(24)2/h6-7,11-12,16H,3-5,8-10,13-14H2,1-2H3,(H,22,26). The molecule has 6 nitrogen and oxygen atoms in total. The van der Waals surface area contributed by atoms with Gasteiger partial charge in [-0.25, -0.2) is 0 Å². The van der Waals surface area contributed by atoms with Crippen LogP contribution in [0.1, 0.15) is 37.3 Å². The van der Waals surface area contributed by atoms with Crippen LogP contribution in [-0.4, -0.2) is 46.3 Å². The Labute approximate surface area is 160 Å². The molecule has 27 heavy (non-hydrogen) atoms. The van der Waals surface area contributed by atoms with Gasteiger partial charge in [0.15, 0.2) is 0 Å². The summed E-state index contributed by atoms with van der Waals surface area (Å²) < 4.78 is 7.61. The monoisotopic (exact) mass is 368 g/mol. The molecular formula is C21H28N4O2. The molecule has 144 valence electrons. The Balaban J connectivity index is 1.39. The highest BCUT2D eigenvalue weighted by molar-refractivity contribution is 5.78. The number of benzene rings is 1. The van der Waals surface area contributed by atoms with Crippen molar-refractivity contribution < 1.29 is 9.53 Å². The van der Waals surface area contributed by atoms with Crippen LogP contribution >= 0.6 is 0 Å². The van der Waals surface area contributed by atoms with Gasteiger partial charge in [0.05, 0.1) is 11.9 Å². The van der Waals surface area contributed by atoms with Crippen molar-refractivity contribution in [3.8, 4) is 17.0 Å². The van der Waals surface area contributed by atoms with E-state index in [0.29, 0.717) is 19.2 Å². The molecule has 1 amide bonds. The number of amides is 1. The summed E-state index contributed by atoms with van der Waals surface area (Å²) in [5, 5.41) is 7.50. The van der Waals surface area contributed by atoms with E-state index in [-0.39, 0.29) is 12.5 Å². The molecule has 6 heteroatoms. The summed E-state index contributed by atoms with van der Waals surface area (Å²) in [5.41, 5.74) is 4.21. The van der Waals surface area contributed by atoms with Crippen LogP contribution in [0.4, 0.5) is 0 Å². The Bertz CT molecular complexity index is 830. The fourth-order valence-electron chi connectivity index (χ4n) is 4.09. The Morgan fingerprint density at radius 3 is 3.11 bits per heavy atom. The molecule has 2 aliphatic heterocycles. The minimum atomic E-state index is 0.00579. The minimum absolute atomic E-state index is 0.00579. The SMILES string of the molecule is Cc1ccc2c(c1)-c1c(cnn1CC(=O)NCCN1CCCCC1C)CO2. The lowest BCUT2D eigenvalue weighted by atomic mass is 10.0. The van der Waals surface area contributed by atoms with Crippen molar-refractivity contribution in [3.05, 3.63) is 35.5 Å². The maximum Gasteiger partial charge on any atom is 0.241 e. The minimum Gasteiger partial charge on any atom is -0.488 e. The van der Waals surface area contributed by atoms with Gasteiger partial charge in [-0.1, -0.05) is 18.1 Å². The molecule has 0 radical (unpaired) electrons. The summed E-state index contributed by atoms with van der Waals surface area (Å²) in [6.45, 7) is 7.81. The van der Waals surface area contributed by atoms with Gasteiger partial charge in [-0.3, -0.25) is 14.4 Å². The van der Waals surface area contributed by atoms with Gasteiger partial charge in [0.1, 0.15) is 18.9 Å². The smallest absolute Gasteiger partial charge is 0.241 e. The van der Waals surface area contributed by atoms with Crippen molar-refractivity contribution >= 4 is 5.91 Å². The first-order valence-electron chi connectivity index (χ1n) is 9.91. The van der Waals surface area contributed by atoms with Gasteiger partial charge in [0.2, 0.25) is 5.91 Å². The number of carbonyl (C=O) groups is 1. The normalized spacial score (nSPS) is 19.1. The first-order valence-corrected chi connectivity index (χ1v) is 9.91. The number of hydrogen-bond acceptors (Lipinski definition) is 4. The van der Waals surface area contributed by atoms with Crippen LogP contribution in [0.15, 0.2) is 24.4 Å². The molecule has 1 aromatic heterocycles. The number of hydrogen-bond donors (Lipinski definition) is 1. The molecule has 2 aliphatic rings. The summed E-state index contributed by atoms with van der Waals surface area (Å²) in [7, 11) is 0. The molecule has 1 N–H and O–H groups in total. The van der Waals surface area contributed by atoms with Crippen molar-refractivity contribution in [3.63, 3.8) is 0 Å². The number of nitrogens with zero attached hydrogens (tertiary/aromatic N) is 3. The zero-order chi connectivity index (χ0) is 18.8. The molecule has 3 heterocycles. The third-order valence-electron chi connectivity index (χ3n) is 5.64. The molecule has 0 aliphatic carbocycles. The molecule has 0 spiro atoms. The zero-order valence-corrected chi connectivity index (χ0v) is 16.2. The van der Waals surface area contributed by atoms with Gasteiger partial charge in [0, 0.05) is 30.3 Å². The highest BCUT2D eigenvalue weighted by atomic mass is 16.5. The van der Waals surface area contributed by atoms with Gasteiger partial charge in [-0.2, -0.15) is 5.10 Å². The second-order valence-corrected chi connectivity index (χ2v) is 7.70. The number of nitrogens with one attached hydrogen (secondary N) is 1. The van der Waals surface area contributed by atoms with Crippen LogP contribution in [0.3, 0.4) is 0 Å². The second kappa shape index (κ2) is 7.72. The highest BCUT2D eigenvalue weighted by Crippen LogP contribution is 2.37. The number of aryl methyl sites for hydroxylation is 1. The first-order chi connectivity index (χ1) is 13.1. The lowest BCUT2D eigenvalue weighted by Crippen LogP contribution is -2.43. The summed E-state index contributed by atoms with van der Waals surface area (Å²) >= 11 is 0. The van der Waals surface area contributed by atoms with Gasteiger partial charge in [0.25, 0.3) is 0 Å². The second-order valence-electron chi connectivity index (χ2n) is 7.70. The van der Waals surface area contributed by atoms with E-state index in [2.05, 4.69) is 35.2 Å². The number of piperidine rings is 1. The fourth-order valence-corrected chi connectivity index (χ4v) is 4.09. The molecule has 1 saturated heterocycles. The van der Waals surface area contributed by atoms with Gasteiger partial charge >= 0.3 is 0 Å². The van der Waals surface area contributed by atoms with E-state index < -0.39 is 0 Å². The molecule has 1 unspecified atom stereocenters. The summed E-state index contributed by atoms with van der Waals surface area (Å²) in [5.74, 6) is 0.862. The summed E-state index contributed by atoms with van der Waals surface area (Å²) in [6.07, 6.45) is 5.65. The van der Waals surface area contributed by atoms with E-state index in [4.69, 9.17) is 4.74 Å². The number of fused-ring (bicyclic) bond motifs is 3. The van der Waals surface area contributed by atoms with E-state index in [1.54, 1.807) is 4.68 Å². The predicted molar refractivity (Wildman–Crippen MR) is 105 cm³/mol. The average molecular weight is 368 g/mol. The van der Waals surface area contributed by atoms with Crippen molar-refractivity contribution in [1.29, 1.82) is 0 Å². The number of carbonyl (C=O) groups excluding carboxylic acids is 1. The molecular weight excluding hydrogens is 340 g/mol. The zero-order valence-electron chi connectivity index (χ0n) is 16.2. The predicted octanol–water partition coefficient (Wildman–Crippen LogP) is 2.74. The van der Waals surface area contributed by atoms with Gasteiger partial charge in [-0.05, 0) is 45.4 Å². The van der Waals surface area contributed by atoms with Crippen LogP contribution < -0.4 is 10.1 Å². The van der Waals surface area contributed by atoms with Crippen LogP contribution in [0.25, 0.3) is 11.3 Å². The van der Waals surface area contributed by atoms with Crippen molar-refractivity contribution in [2.24, 2.45) is 0 Å². The van der Waals surface area contributed by atoms with E-state index in [1.807, 2.05) is 18.3 Å². The van der Waals surface area contributed by atoms with Gasteiger partial charge in [-0.15, -0.1) is 0 Å². The third kappa shape index (κ3) is 3.86. The average Bonchev–Trinajstić information content (AvgIpc) is 3.06. The van der Waals surface area contributed by atoms with E-state index in [1.165, 1.54) is 19.3 Å². The highest BCUT2D eigenvalue weighted by Gasteiger charge is 2.23. The Morgan fingerprint density at radius 1 is 1.37 bits per heavy atom. The van der Waals surface area contributed by atoms with Crippen LogP contribution in [0.5, 0.6) is 5.75 Å². The maximum atomic E-state index is 12.5. The van der Waals surface area contributed by atoms with E-state index in [0.717, 1.165) is 41.2 Å². The molecule has 1 fully saturated rings. The topological polar surface area (TPSA) is 59.4 Å². The molecule has 1 atom stereocenters. The van der Waals surface area contributed by atoms with Crippen molar-refractivity contribution in [1.82, 2.24) is 20.0 Å². The van der Waals surface area contributed by atoms with Crippen LogP contribution in [-0.2, 0) is 17.9 Å². The van der Waals surface area contributed by atoms with Crippen LogP contribution in [0.2, 0.25) is 0 Å². The summed E-state index contributed by atoms with van der Waals surface area (Å²) in [4.78, 5) is 14.9. The molecule has 1 aromatic carbocycles. The molecule has 2 aromatic rings. The fraction of sp³-hybridized carbons (Fsp3) is 0.524. The lowest BCUT2D eigenvalue weighted by Gasteiger charge is -2.33. The maximum absolute atomic E-state index is 12.5.